The van der Waals surface area contributed by atoms with E-state index >= 15 is 0 Å². The molecular weight excluding hydrogens is 244 g/mol. The third kappa shape index (κ3) is 6.98. The smallest absolute Gasteiger partial charge is 0.237 e. The van der Waals surface area contributed by atoms with Crippen LogP contribution in [0.4, 0.5) is 5.69 Å². The lowest BCUT2D eigenvalue weighted by atomic mass is 10.4. The van der Waals surface area contributed by atoms with E-state index in [0.29, 0.717) is 12.5 Å². The Balaban J connectivity index is 2.25. The SMILES string of the molecule is COCCCOCCNc1cccnc1OC(C)C. The van der Waals surface area contributed by atoms with E-state index in [1.807, 2.05) is 26.0 Å². The molecule has 19 heavy (non-hydrogen) atoms. The molecule has 0 amide bonds. The molecule has 0 atom stereocenters. The molecule has 0 aromatic carbocycles. The van der Waals surface area contributed by atoms with Gasteiger partial charge in [-0.15, -0.1) is 0 Å². The van der Waals surface area contributed by atoms with E-state index in [9.17, 15) is 0 Å². The molecule has 0 radical (unpaired) electrons. The molecule has 0 saturated carbocycles. The van der Waals surface area contributed by atoms with E-state index in [1.54, 1.807) is 13.3 Å². The highest BCUT2D eigenvalue weighted by Crippen LogP contribution is 2.21. The standard InChI is InChI=1S/C14H24N2O3/c1-12(2)19-14-13(6-4-7-16-14)15-8-11-18-10-5-9-17-3/h4,6-7,12,15H,5,8-11H2,1-3H3. The summed E-state index contributed by atoms with van der Waals surface area (Å²) in [5.41, 5.74) is 0.900. The summed E-state index contributed by atoms with van der Waals surface area (Å²) < 4.78 is 16.0. The third-order valence-corrected chi connectivity index (χ3v) is 2.32. The second kappa shape index (κ2) is 9.58. The monoisotopic (exact) mass is 268 g/mol. The first-order valence-corrected chi connectivity index (χ1v) is 6.66. The van der Waals surface area contributed by atoms with Crippen LogP contribution in [-0.4, -0.2) is 44.6 Å². The largest absolute Gasteiger partial charge is 0.473 e. The summed E-state index contributed by atoms with van der Waals surface area (Å²) in [6, 6.07) is 3.84. The second-order valence-corrected chi connectivity index (χ2v) is 4.41. The van der Waals surface area contributed by atoms with Crippen molar-refractivity contribution in [3.63, 3.8) is 0 Å². The zero-order chi connectivity index (χ0) is 13.9. The van der Waals surface area contributed by atoms with Crippen molar-refractivity contribution in [2.24, 2.45) is 0 Å². The summed E-state index contributed by atoms with van der Waals surface area (Å²) in [5.74, 6) is 0.636. The van der Waals surface area contributed by atoms with Gasteiger partial charge in [-0.2, -0.15) is 0 Å². The van der Waals surface area contributed by atoms with E-state index in [0.717, 1.165) is 31.9 Å². The third-order valence-electron chi connectivity index (χ3n) is 2.32. The zero-order valence-corrected chi connectivity index (χ0v) is 12.0. The van der Waals surface area contributed by atoms with Crippen molar-refractivity contribution in [3.05, 3.63) is 18.3 Å². The highest BCUT2D eigenvalue weighted by molar-refractivity contribution is 5.51. The molecule has 0 aliphatic heterocycles. The van der Waals surface area contributed by atoms with Gasteiger partial charge in [0.05, 0.1) is 18.4 Å². The fourth-order valence-corrected chi connectivity index (χ4v) is 1.51. The van der Waals surface area contributed by atoms with Crippen LogP contribution in [-0.2, 0) is 9.47 Å². The Morgan fingerprint density at radius 1 is 1.26 bits per heavy atom. The Bertz CT molecular complexity index is 345. The number of ether oxygens (including phenoxy) is 3. The van der Waals surface area contributed by atoms with Crippen molar-refractivity contribution in [1.82, 2.24) is 4.98 Å². The normalized spacial score (nSPS) is 10.7. The van der Waals surface area contributed by atoms with Crippen LogP contribution in [0.25, 0.3) is 0 Å². The maximum Gasteiger partial charge on any atom is 0.237 e. The topological polar surface area (TPSA) is 52.6 Å². The highest BCUT2D eigenvalue weighted by Gasteiger charge is 2.05. The molecule has 0 fully saturated rings. The van der Waals surface area contributed by atoms with Gasteiger partial charge in [0.2, 0.25) is 5.88 Å². The maximum atomic E-state index is 5.62. The van der Waals surface area contributed by atoms with Gasteiger partial charge < -0.3 is 19.5 Å². The fraction of sp³-hybridized carbons (Fsp3) is 0.643. The van der Waals surface area contributed by atoms with Gasteiger partial charge in [-0.3, -0.25) is 0 Å². The quantitative estimate of drug-likeness (QED) is 0.660. The van der Waals surface area contributed by atoms with Gasteiger partial charge in [0.15, 0.2) is 0 Å². The van der Waals surface area contributed by atoms with Crippen molar-refractivity contribution >= 4 is 5.69 Å². The minimum absolute atomic E-state index is 0.112. The Morgan fingerprint density at radius 3 is 2.84 bits per heavy atom. The van der Waals surface area contributed by atoms with Crippen LogP contribution in [0.3, 0.4) is 0 Å². The number of anilines is 1. The molecule has 0 bridgehead atoms. The lowest BCUT2D eigenvalue weighted by molar-refractivity contribution is 0.109. The van der Waals surface area contributed by atoms with Gasteiger partial charge in [0.25, 0.3) is 0 Å². The Hall–Kier alpha value is -1.33. The van der Waals surface area contributed by atoms with Gasteiger partial charge >= 0.3 is 0 Å². The molecule has 0 aliphatic carbocycles. The zero-order valence-electron chi connectivity index (χ0n) is 12.0. The van der Waals surface area contributed by atoms with Gasteiger partial charge in [-0.05, 0) is 32.4 Å². The molecule has 1 N–H and O–H groups in total. The number of nitrogens with one attached hydrogen (secondary N) is 1. The molecule has 0 spiro atoms. The van der Waals surface area contributed by atoms with Gasteiger partial charge in [0, 0.05) is 33.1 Å². The number of pyridine rings is 1. The van der Waals surface area contributed by atoms with Gasteiger partial charge in [-0.25, -0.2) is 4.98 Å². The lowest BCUT2D eigenvalue weighted by Gasteiger charge is -2.14. The predicted octanol–water partition coefficient (Wildman–Crippen LogP) is 2.33. The molecule has 1 aromatic rings. The van der Waals surface area contributed by atoms with Crippen LogP contribution in [0.5, 0.6) is 5.88 Å². The molecule has 1 rings (SSSR count). The van der Waals surface area contributed by atoms with Crippen LogP contribution in [0.2, 0.25) is 0 Å². The van der Waals surface area contributed by atoms with E-state index in [2.05, 4.69) is 10.3 Å². The lowest BCUT2D eigenvalue weighted by Crippen LogP contribution is -2.13. The fourth-order valence-electron chi connectivity index (χ4n) is 1.51. The first-order chi connectivity index (χ1) is 9.24. The van der Waals surface area contributed by atoms with Crippen molar-refractivity contribution in [2.45, 2.75) is 26.4 Å². The number of hydrogen-bond donors (Lipinski definition) is 1. The number of nitrogens with zero attached hydrogens (tertiary/aromatic N) is 1. The average Bonchev–Trinajstić information content (AvgIpc) is 2.39. The Morgan fingerprint density at radius 2 is 2.11 bits per heavy atom. The molecular formula is C14H24N2O3. The molecule has 0 aliphatic rings. The second-order valence-electron chi connectivity index (χ2n) is 4.41. The first kappa shape index (κ1) is 15.7. The summed E-state index contributed by atoms with van der Waals surface area (Å²) >= 11 is 0. The Kier molecular flexibility index (Phi) is 7.93. The van der Waals surface area contributed by atoms with E-state index in [-0.39, 0.29) is 6.10 Å². The first-order valence-electron chi connectivity index (χ1n) is 6.66. The summed E-state index contributed by atoms with van der Waals surface area (Å²) in [6.45, 7) is 6.81. The van der Waals surface area contributed by atoms with Gasteiger partial charge in [0.1, 0.15) is 0 Å². The number of rotatable bonds is 10. The average molecular weight is 268 g/mol. The number of hydrogen-bond acceptors (Lipinski definition) is 5. The van der Waals surface area contributed by atoms with E-state index in [4.69, 9.17) is 14.2 Å². The van der Waals surface area contributed by atoms with E-state index in [1.165, 1.54) is 0 Å². The van der Waals surface area contributed by atoms with Crippen molar-refractivity contribution in [1.29, 1.82) is 0 Å². The van der Waals surface area contributed by atoms with Gasteiger partial charge in [-0.1, -0.05) is 0 Å². The van der Waals surface area contributed by atoms with Crippen LogP contribution in [0, 0.1) is 0 Å². The summed E-state index contributed by atoms with van der Waals surface area (Å²) in [7, 11) is 1.69. The molecule has 5 heteroatoms. The van der Waals surface area contributed by atoms with Crippen LogP contribution < -0.4 is 10.1 Å². The van der Waals surface area contributed by atoms with Crippen LogP contribution in [0.15, 0.2) is 18.3 Å². The molecule has 1 heterocycles. The number of aromatic nitrogens is 1. The molecule has 1 aromatic heterocycles. The summed E-state index contributed by atoms with van der Waals surface area (Å²) in [4.78, 5) is 4.22. The van der Waals surface area contributed by atoms with Crippen LogP contribution >= 0.6 is 0 Å². The predicted molar refractivity (Wildman–Crippen MR) is 75.8 cm³/mol. The van der Waals surface area contributed by atoms with Crippen molar-refractivity contribution in [3.8, 4) is 5.88 Å². The molecule has 5 nitrogen and oxygen atoms in total. The molecule has 0 saturated heterocycles. The van der Waals surface area contributed by atoms with Crippen molar-refractivity contribution in [2.75, 3.05) is 38.8 Å². The minimum atomic E-state index is 0.112. The molecule has 0 unspecified atom stereocenters. The minimum Gasteiger partial charge on any atom is -0.473 e. The maximum absolute atomic E-state index is 5.62. The van der Waals surface area contributed by atoms with E-state index < -0.39 is 0 Å². The highest BCUT2D eigenvalue weighted by atomic mass is 16.5. The Labute approximate surface area is 115 Å². The number of methoxy groups -OCH3 is 1. The van der Waals surface area contributed by atoms with Crippen molar-refractivity contribution < 1.29 is 14.2 Å². The summed E-state index contributed by atoms with van der Waals surface area (Å²) in [5, 5.41) is 3.27. The summed E-state index contributed by atoms with van der Waals surface area (Å²) in [6.07, 6.45) is 2.76. The molecule has 108 valence electrons. The van der Waals surface area contributed by atoms with Crippen LogP contribution in [0.1, 0.15) is 20.3 Å².